The molecule has 2 aromatic rings. The van der Waals surface area contributed by atoms with Crippen molar-refractivity contribution in [3.8, 4) is 0 Å². The molecule has 0 amide bonds. The Morgan fingerprint density at radius 2 is 1.83 bits per heavy atom. The zero-order chi connectivity index (χ0) is 12.8. The van der Waals surface area contributed by atoms with Crippen molar-refractivity contribution in [1.29, 1.82) is 0 Å². The summed E-state index contributed by atoms with van der Waals surface area (Å²) in [7, 11) is 0. The molecule has 0 saturated heterocycles. The maximum Gasteiger partial charge on any atom is 0.0430 e. The van der Waals surface area contributed by atoms with Crippen LogP contribution in [-0.2, 0) is 11.9 Å². The van der Waals surface area contributed by atoms with Crippen LogP contribution in [-0.4, -0.2) is 11.5 Å². The number of rotatable bonds is 5. The molecule has 0 unspecified atom stereocenters. The number of benzene rings is 1. The van der Waals surface area contributed by atoms with Crippen LogP contribution in [0.3, 0.4) is 0 Å². The number of halogens is 1. The maximum absolute atomic E-state index is 4.06. The summed E-state index contributed by atoms with van der Waals surface area (Å²) in [6.45, 7) is 4.10. The molecule has 18 heavy (non-hydrogen) atoms. The van der Waals surface area contributed by atoms with Gasteiger partial charge in [-0.05, 0) is 36.2 Å². The summed E-state index contributed by atoms with van der Waals surface area (Å²) in [5.74, 6) is 0. The number of hydrogen-bond acceptors (Lipinski definition) is 2. The minimum Gasteiger partial charge on any atom is -0.367 e. The predicted octanol–water partition coefficient (Wildman–Crippen LogP) is 4.00. The average molecular weight is 305 g/mol. The van der Waals surface area contributed by atoms with Crippen LogP contribution < -0.4 is 4.90 Å². The van der Waals surface area contributed by atoms with Gasteiger partial charge in [-0.25, -0.2) is 0 Å². The first kappa shape index (κ1) is 13.1. The minimum atomic E-state index is 0.885. The first-order valence-corrected chi connectivity index (χ1v) is 7.25. The minimum absolute atomic E-state index is 0.885. The Morgan fingerprint density at radius 3 is 2.50 bits per heavy atom. The molecule has 3 heteroatoms. The van der Waals surface area contributed by atoms with Gasteiger partial charge in [-0.2, -0.15) is 0 Å². The van der Waals surface area contributed by atoms with Crippen LogP contribution in [0.1, 0.15) is 18.1 Å². The second kappa shape index (κ2) is 6.55. The highest BCUT2D eigenvalue weighted by Crippen LogP contribution is 2.24. The fourth-order valence-electron chi connectivity index (χ4n) is 2.01. The van der Waals surface area contributed by atoms with Gasteiger partial charge in [-0.3, -0.25) is 4.98 Å². The van der Waals surface area contributed by atoms with E-state index < -0.39 is 0 Å². The lowest BCUT2D eigenvalue weighted by Gasteiger charge is -2.25. The van der Waals surface area contributed by atoms with Crippen LogP contribution in [0.4, 0.5) is 5.69 Å². The van der Waals surface area contributed by atoms with Gasteiger partial charge in [-0.15, -0.1) is 0 Å². The van der Waals surface area contributed by atoms with Crippen LogP contribution in [0.25, 0.3) is 0 Å². The number of pyridine rings is 1. The Morgan fingerprint density at radius 1 is 1.11 bits per heavy atom. The third kappa shape index (κ3) is 3.10. The van der Waals surface area contributed by atoms with Gasteiger partial charge in [0.1, 0.15) is 0 Å². The predicted molar refractivity (Wildman–Crippen MR) is 80.0 cm³/mol. The Bertz CT molecular complexity index is 485. The van der Waals surface area contributed by atoms with E-state index >= 15 is 0 Å². The second-order valence-corrected chi connectivity index (χ2v) is 4.69. The van der Waals surface area contributed by atoms with E-state index in [-0.39, 0.29) is 0 Å². The summed E-state index contributed by atoms with van der Waals surface area (Å²) >= 11 is 3.55. The molecule has 0 bridgehead atoms. The first-order chi connectivity index (χ1) is 8.85. The molecule has 2 rings (SSSR count). The van der Waals surface area contributed by atoms with Gasteiger partial charge in [-0.1, -0.05) is 34.1 Å². The third-order valence-corrected chi connectivity index (χ3v) is 3.58. The van der Waals surface area contributed by atoms with Gasteiger partial charge in [0.15, 0.2) is 0 Å². The lowest BCUT2D eigenvalue weighted by atomic mass is 10.1. The smallest absolute Gasteiger partial charge is 0.0430 e. The van der Waals surface area contributed by atoms with Crippen molar-refractivity contribution in [3.63, 3.8) is 0 Å². The SMILES string of the molecule is CCN(Cc1ccncc1)c1ccccc1CBr. The molecule has 0 aliphatic heterocycles. The Hall–Kier alpha value is -1.35. The molecule has 0 aliphatic carbocycles. The van der Waals surface area contributed by atoms with Crippen LogP contribution in [0.2, 0.25) is 0 Å². The van der Waals surface area contributed by atoms with E-state index in [0.29, 0.717) is 0 Å². The number of nitrogens with zero attached hydrogens (tertiary/aromatic N) is 2. The lowest BCUT2D eigenvalue weighted by Crippen LogP contribution is -2.23. The number of hydrogen-bond donors (Lipinski definition) is 0. The summed E-state index contributed by atoms with van der Waals surface area (Å²) < 4.78 is 0. The summed E-state index contributed by atoms with van der Waals surface area (Å²) in [5, 5.41) is 0.885. The van der Waals surface area contributed by atoms with Gasteiger partial charge < -0.3 is 4.90 Å². The molecule has 0 N–H and O–H groups in total. The fourth-order valence-corrected chi connectivity index (χ4v) is 2.48. The molecular formula is C15H17BrN2. The van der Waals surface area contributed by atoms with Crippen molar-refractivity contribution in [2.75, 3.05) is 11.4 Å². The van der Waals surface area contributed by atoms with Crippen LogP contribution in [0.15, 0.2) is 48.8 Å². The molecule has 1 aromatic heterocycles. The number of aromatic nitrogens is 1. The van der Waals surface area contributed by atoms with Crippen LogP contribution in [0, 0.1) is 0 Å². The summed E-state index contributed by atoms with van der Waals surface area (Å²) in [6.07, 6.45) is 3.69. The van der Waals surface area contributed by atoms with Gasteiger partial charge in [0.2, 0.25) is 0 Å². The monoisotopic (exact) mass is 304 g/mol. The molecule has 0 spiro atoms. The van der Waals surface area contributed by atoms with Crippen molar-refractivity contribution in [2.45, 2.75) is 18.8 Å². The van der Waals surface area contributed by atoms with Gasteiger partial charge in [0.25, 0.3) is 0 Å². The van der Waals surface area contributed by atoms with E-state index in [9.17, 15) is 0 Å². The summed E-state index contributed by atoms with van der Waals surface area (Å²) in [5.41, 5.74) is 3.92. The lowest BCUT2D eigenvalue weighted by molar-refractivity contribution is 0.826. The van der Waals surface area contributed by atoms with Crippen molar-refractivity contribution >= 4 is 21.6 Å². The van der Waals surface area contributed by atoms with E-state index in [2.05, 4.69) is 69.1 Å². The molecule has 0 saturated carbocycles. The second-order valence-electron chi connectivity index (χ2n) is 4.13. The molecule has 1 aromatic carbocycles. The Balaban J connectivity index is 2.23. The largest absolute Gasteiger partial charge is 0.367 e. The standard InChI is InChI=1S/C15H17BrN2/c1-2-18(12-13-7-9-17-10-8-13)15-6-4-3-5-14(15)11-16/h3-10H,2,11-12H2,1H3. The molecular weight excluding hydrogens is 288 g/mol. The molecule has 0 aliphatic rings. The van der Waals surface area contributed by atoms with E-state index in [1.807, 2.05) is 12.4 Å². The normalized spacial score (nSPS) is 10.3. The van der Waals surface area contributed by atoms with Crippen LogP contribution >= 0.6 is 15.9 Å². The van der Waals surface area contributed by atoms with Crippen LogP contribution in [0.5, 0.6) is 0 Å². The van der Waals surface area contributed by atoms with Gasteiger partial charge in [0.05, 0.1) is 0 Å². The zero-order valence-corrected chi connectivity index (χ0v) is 12.1. The number of anilines is 1. The van der Waals surface area contributed by atoms with Crippen molar-refractivity contribution in [3.05, 3.63) is 59.9 Å². The molecule has 2 nitrogen and oxygen atoms in total. The van der Waals surface area contributed by atoms with E-state index in [1.54, 1.807) is 0 Å². The highest BCUT2D eigenvalue weighted by atomic mass is 79.9. The topological polar surface area (TPSA) is 16.1 Å². The highest BCUT2D eigenvalue weighted by molar-refractivity contribution is 9.08. The molecule has 0 radical (unpaired) electrons. The zero-order valence-electron chi connectivity index (χ0n) is 10.5. The highest BCUT2D eigenvalue weighted by Gasteiger charge is 2.08. The van der Waals surface area contributed by atoms with Crippen molar-refractivity contribution in [2.24, 2.45) is 0 Å². The molecule has 0 atom stereocenters. The molecule has 94 valence electrons. The van der Waals surface area contributed by atoms with Gasteiger partial charge in [0, 0.05) is 36.5 Å². The molecule has 1 heterocycles. The van der Waals surface area contributed by atoms with Crippen molar-refractivity contribution < 1.29 is 0 Å². The summed E-state index contributed by atoms with van der Waals surface area (Å²) in [4.78, 5) is 6.44. The fraction of sp³-hybridized carbons (Fsp3) is 0.267. The van der Waals surface area contributed by atoms with Crippen molar-refractivity contribution in [1.82, 2.24) is 4.98 Å². The van der Waals surface area contributed by atoms with E-state index in [1.165, 1.54) is 16.8 Å². The van der Waals surface area contributed by atoms with E-state index in [4.69, 9.17) is 0 Å². The van der Waals surface area contributed by atoms with E-state index in [0.717, 1.165) is 18.4 Å². The number of alkyl halides is 1. The average Bonchev–Trinajstić information content (AvgIpc) is 2.46. The third-order valence-electron chi connectivity index (χ3n) is 2.98. The quantitative estimate of drug-likeness (QED) is 0.776. The maximum atomic E-state index is 4.06. The Labute approximate surface area is 117 Å². The number of para-hydroxylation sites is 1. The van der Waals surface area contributed by atoms with Gasteiger partial charge >= 0.3 is 0 Å². The Kier molecular flexibility index (Phi) is 4.76. The summed E-state index contributed by atoms with van der Waals surface area (Å²) in [6, 6.07) is 12.7. The first-order valence-electron chi connectivity index (χ1n) is 6.13. The molecule has 0 fully saturated rings.